The van der Waals surface area contributed by atoms with Crippen molar-refractivity contribution in [3.63, 3.8) is 0 Å². The molecule has 1 heterocycles. The van der Waals surface area contributed by atoms with Gasteiger partial charge in [0.25, 0.3) is 0 Å². The molecule has 156 valence electrons. The Morgan fingerprint density at radius 1 is 1.11 bits per heavy atom. The van der Waals surface area contributed by atoms with Crippen molar-refractivity contribution < 1.29 is 33.3 Å². The van der Waals surface area contributed by atoms with Gasteiger partial charge in [-0.3, -0.25) is 9.69 Å². The average molecular weight is 407 g/mol. The summed E-state index contributed by atoms with van der Waals surface area (Å²) in [6.45, 7) is 9.82. The summed E-state index contributed by atoms with van der Waals surface area (Å²) < 4.78 is 19.2. The number of ether oxygens (including phenoxy) is 4. The third-order valence-corrected chi connectivity index (χ3v) is 4.08. The van der Waals surface area contributed by atoms with Crippen LogP contribution in [0.4, 0.5) is 4.79 Å². The Morgan fingerprint density at radius 3 is 2.30 bits per heavy atom. The molecule has 1 atom stereocenters. The molecule has 1 amide bonds. The van der Waals surface area contributed by atoms with E-state index in [9.17, 15) is 14.4 Å². The highest BCUT2D eigenvalue weighted by molar-refractivity contribution is 7.81. The maximum Gasteiger partial charge on any atom is 0.410 e. The van der Waals surface area contributed by atoms with Gasteiger partial charge >= 0.3 is 18.0 Å². The maximum atomic E-state index is 12.4. The lowest BCUT2D eigenvalue weighted by atomic mass is 10.0. The van der Waals surface area contributed by atoms with Crippen LogP contribution in [-0.4, -0.2) is 80.0 Å². The van der Waals surface area contributed by atoms with E-state index in [2.05, 4.69) is 22.8 Å². The van der Waals surface area contributed by atoms with Crippen LogP contribution in [0.15, 0.2) is 0 Å². The third kappa shape index (κ3) is 9.30. The number of esters is 2. The van der Waals surface area contributed by atoms with E-state index >= 15 is 0 Å². The molecule has 1 N–H and O–H groups in total. The van der Waals surface area contributed by atoms with Gasteiger partial charge in [0, 0.05) is 24.4 Å². The van der Waals surface area contributed by atoms with Crippen LogP contribution in [0.2, 0.25) is 0 Å². The molecule has 9 nitrogen and oxygen atoms in total. The summed E-state index contributed by atoms with van der Waals surface area (Å²) in [5.74, 6) is -1.43. The van der Waals surface area contributed by atoms with Gasteiger partial charge in [-0.2, -0.15) is 12.6 Å². The minimum absolute atomic E-state index is 0.196. The highest BCUT2D eigenvalue weighted by Gasteiger charge is 2.35. The number of carbonyl (C=O) groups is 3. The summed E-state index contributed by atoms with van der Waals surface area (Å²) in [7, 11) is 0. The summed E-state index contributed by atoms with van der Waals surface area (Å²) in [4.78, 5) is 37.7. The van der Waals surface area contributed by atoms with E-state index in [1.165, 1.54) is 0 Å². The minimum Gasteiger partial charge on any atom is -0.463 e. The van der Waals surface area contributed by atoms with Crippen LogP contribution < -0.4 is 5.32 Å². The number of rotatable bonds is 9. The lowest BCUT2D eigenvalue weighted by Gasteiger charge is -2.29. The second-order valence-electron chi connectivity index (χ2n) is 7.02. The van der Waals surface area contributed by atoms with E-state index in [-0.39, 0.29) is 12.5 Å². The molecule has 0 saturated carbocycles. The van der Waals surface area contributed by atoms with Gasteiger partial charge < -0.3 is 24.3 Å². The topological polar surface area (TPSA) is 103 Å². The van der Waals surface area contributed by atoms with Gasteiger partial charge in [-0.05, 0) is 13.8 Å². The maximum absolute atomic E-state index is 12.4. The fraction of sp³-hybridized carbons (Fsp3) is 0.824. The van der Waals surface area contributed by atoms with Crippen molar-refractivity contribution in [2.75, 3.05) is 46.2 Å². The molecule has 0 aromatic rings. The van der Waals surface area contributed by atoms with Crippen molar-refractivity contribution in [1.82, 2.24) is 10.2 Å². The predicted molar refractivity (Wildman–Crippen MR) is 100 cm³/mol. The van der Waals surface area contributed by atoms with E-state index in [1.54, 1.807) is 27.7 Å². The number of alkyl carbamates (subject to hydrolysis) is 1. The number of carbonyl (C=O) groups excluding carboxylic acids is 3. The quantitative estimate of drug-likeness (QED) is 0.330. The van der Waals surface area contributed by atoms with Crippen molar-refractivity contribution in [2.24, 2.45) is 5.92 Å². The normalized spacial score (nSPS) is 16.5. The monoisotopic (exact) mass is 406 g/mol. The molecule has 0 aliphatic carbocycles. The first-order chi connectivity index (χ1) is 12.6. The molecule has 27 heavy (non-hydrogen) atoms. The molecule has 0 radical (unpaired) electrons. The number of thiol groups is 1. The number of morpholine rings is 1. The highest BCUT2D eigenvalue weighted by Crippen LogP contribution is 2.19. The Hall–Kier alpha value is -1.52. The van der Waals surface area contributed by atoms with Crippen LogP contribution in [-0.2, 0) is 28.5 Å². The summed E-state index contributed by atoms with van der Waals surface area (Å²) in [5.41, 5.74) is 0. The molecule has 0 bridgehead atoms. The number of amides is 1. The lowest BCUT2D eigenvalue weighted by molar-refractivity contribution is -0.156. The second kappa shape index (κ2) is 11.4. The van der Waals surface area contributed by atoms with Gasteiger partial charge in [0.05, 0.1) is 19.1 Å². The fourth-order valence-electron chi connectivity index (χ4n) is 2.17. The van der Waals surface area contributed by atoms with Crippen LogP contribution in [0.25, 0.3) is 0 Å². The standard InChI is InChI=1S/C17H30N2O7S/c1-12(2)14(20)25-11-26-16(22)18-13(17(3,4)27)15(21)24-10-7-19-5-8-23-9-6-19/h12-13,27H,5-11H2,1-4H3,(H,18,22)/t13-/m0/s1. The molecule has 1 aliphatic heterocycles. The van der Waals surface area contributed by atoms with Gasteiger partial charge in [-0.25, -0.2) is 9.59 Å². The van der Waals surface area contributed by atoms with Crippen LogP contribution in [0.3, 0.4) is 0 Å². The van der Waals surface area contributed by atoms with E-state index in [1.807, 2.05) is 0 Å². The zero-order chi connectivity index (χ0) is 20.4. The highest BCUT2D eigenvalue weighted by atomic mass is 32.1. The second-order valence-corrected chi connectivity index (χ2v) is 8.17. The largest absolute Gasteiger partial charge is 0.463 e. The van der Waals surface area contributed by atoms with Crippen LogP contribution >= 0.6 is 12.6 Å². The number of nitrogens with zero attached hydrogens (tertiary/aromatic N) is 1. The molecular formula is C17H30N2O7S. The lowest BCUT2D eigenvalue weighted by Crippen LogP contribution is -2.52. The van der Waals surface area contributed by atoms with Crippen molar-refractivity contribution in [2.45, 2.75) is 38.5 Å². The zero-order valence-corrected chi connectivity index (χ0v) is 17.3. The third-order valence-electron chi connectivity index (χ3n) is 3.82. The molecular weight excluding hydrogens is 376 g/mol. The number of nitrogens with one attached hydrogen (secondary N) is 1. The molecule has 1 saturated heterocycles. The molecule has 1 aliphatic rings. The van der Waals surface area contributed by atoms with E-state index in [4.69, 9.17) is 18.9 Å². The van der Waals surface area contributed by atoms with Crippen LogP contribution in [0.5, 0.6) is 0 Å². The summed E-state index contributed by atoms with van der Waals surface area (Å²) in [6.07, 6.45) is -0.899. The molecule has 1 fully saturated rings. The van der Waals surface area contributed by atoms with Crippen LogP contribution in [0, 0.1) is 5.92 Å². The Kier molecular flexibility index (Phi) is 9.89. The summed E-state index contributed by atoms with van der Waals surface area (Å²) in [6, 6.07) is -1.03. The van der Waals surface area contributed by atoms with E-state index < -0.39 is 35.6 Å². The number of hydrogen-bond donors (Lipinski definition) is 2. The van der Waals surface area contributed by atoms with Crippen LogP contribution in [0.1, 0.15) is 27.7 Å². The smallest absolute Gasteiger partial charge is 0.410 e. The van der Waals surface area contributed by atoms with Gasteiger partial charge in [0.2, 0.25) is 6.79 Å². The SMILES string of the molecule is CC(C)C(=O)OCOC(=O)N[C@@H](C(=O)OCCN1CCOCC1)C(C)(C)S. The molecule has 0 unspecified atom stereocenters. The van der Waals surface area contributed by atoms with Gasteiger partial charge in [0.15, 0.2) is 0 Å². The van der Waals surface area contributed by atoms with Crippen molar-refractivity contribution in [3.05, 3.63) is 0 Å². The average Bonchev–Trinajstić information content (AvgIpc) is 2.59. The first kappa shape index (κ1) is 23.5. The van der Waals surface area contributed by atoms with Gasteiger partial charge in [-0.15, -0.1) is 0 Å². The Balaban J connectivity index is 2.43. The summed E-state index contributed by atoms with van der Waals surface area (Å²) in [5, 5.41) is 2.41. The Morgan fingerprint density at radius 2 is 1.74 bits per heavy atom. The van der Waals surface area contributed by atoms with E-state index in [0.29, 0.717) is 19.8 Å². The minimum atomic E-state index is -1.03. The van der Waals surface area contributed by atoms with E-state index in [0.717, 1.165) is 13.1 Å². The van der Waals surface area contributed by atoms with Gasteiger partial charge in [0.1, 0.15) is 12.6 Å². The van der Waals surface area contributed by atoms with Crippen molar-refractivity contribution >= 4 is 30.7 Å². The first-order valence-corrected chi connectivity index (χ1v) is 9.35. The molecule has 1 rings (SSSR count). The Labute approximate surface area is 165 Å². The molecule has 0 aromatic heterocycles. The molecule has 0 aromatic carbocycles. The van der Waals surface area contributed by atoms with Crippen molar-refractivity contribution in [1.29, 1.82) is 0 Å². The fourth-order valence-corrected chi connectivity index (χ4v) is 2.34. The first-order valence-electron chi connectivity index (χ1n) is 8.90. The molecule has 0 spiro atoms. The Bertz CT molecular complexity index is 502. The predicted octanol–water partition coefficient (Wildman–Crippen LogP) is 0.822. The zero-order valence-electron chi connectivity index (χ0n) is 16.4. The number of hydrogen-bond acceptors (Lipinski definition) is 9. The molecule has 10 heteroatoms. The van der Waals surface area contributed by atoms with Crippen molar-refractivity contribution in [3.8, 4) is 0 Å². The van der Waals surface area contributed by atoms with Gasteiger partial charge in [-0.1, -0.05) is 13.8 Å². The summed E-state index contributed by atoms with van der Waals surface area (Å²) >= 11 is 4.35.